The zero-order valence-electron chi connectivity index (χ0n) is 8.79. The Kier molecular flexibility index (Phi) is 1.84. The van der Waals surface area contributed by atoms with Gasteiger partial charge in [-0.05, 0) is 12.5 Å². The van der Waals surface area contributed by atoms with E-state index in [4.69, 9.17) is 0 Å². The molecule has 0 saturated carbocycles. The summed E-state index contributed by atoms with van der Waals surface area (Å²) in [7, 11) is 0. The van der Waals surface area contributed by atoms with E-state index in [1.54, 1.807) is 0 Å². The maximum Gasteiger partial charge on any atom is 0.189 e. The SMILES string of the molecule is CC=C1C(=O)c2ccccc2C1(C)C. The number of fused-ring (bicyclic) bond motifs is 1. The normalized spacial score (nSPS) is 21.4. The minimum absolute atomic E-state index is 0.123. The molecule has 0 amide bonds. The summed E-state index contributed by atoms with van der Waals surface area (Å²) in [6, 6.07) is 7.87. The van der Waals surface area contributed by atoms with E-state index in [1.165, 1.54) is 0 Å². The number of carbonyl (C=O) groups excluding carboxylic acids is 1. The van der Waals surface area contributed by atoms with Crippen molar-refractivity contribution in [2.75, 3.05) is 0 Å². The summed E-state index contributed by atoms with van der Waals surface area (Å²) >= 11 is 0. The molecule has 0 aromatic heterocycles. The maximum atomic E-state index is 12.0. The fraction of sp³-hybridized carbons (Fsp3) is 0.308. The van der Waals surface area contributed by atoms with Gasteiger partial charge < -0.3 is 0 Å². The van der Waals surface area contributed by atoms with Crippen LogP contribution in [-0.4, -0.2) is 5.78 Å². The van der Waals surface area contributed by atoms with Crippen molar-refractivity contribution >= 4 is 5.78 Å². The van der Waals surface area contributed by atoms with Crippen molar-refractivity contribution in [2.24, 2.45) is 0 Å². The molecule has 72 valence electrons. The minimum Gasteiger partial charge on any atom is -0.289 e. The summed E-state index contributed by atoms with van der Waals surface area (Å²) in [6.07, 6.45) is 1.93. The first-order chi connectivity index (χ1) is 6.59. The number of hydrogen-bond acceptors (Lipinski definition) is 1. The number of benzene rings is 1. The van der Waals surface area contributed by atoms with Crippen LogP contribution in [0.15, 0.2) is 35.9 Å². The van der Waals surface area contributed by atoms with Gasteiger partial charge in [-0.25, -0.2) is 0 Å². The first kappa shape index (κ1) is 9.20. The van der Waals surface area contributed by atoms with Gasteiger partial charge in [-0.2, -0.15) is 0 Å². The van der Waals surface area contributed by atoms with Crippen molar-refractivity contribution in [3.63, 3.8) is 0 Å². The molecule has 1 heteroatoms. The van der Waals surface area contributed by atoms with Crippen LogP contribution in [0.4, 0.5) is 0 Å². The molecule has 0 radical (unpaired) electrons. The van der Waals surface area contributed by atoms with E-state index in [0.29, 0.717) is 0 Å². The molecule has 0 atom stereocenters. The average molecular weight is 186 g/mol. The molecule has 1 aromatic rings. The topological polar surface area (TPSA) is 17.1 Å². The van der Waals surface area contributed by atoms with Crippen molar-refractivity contribution in [1.29, 1.82) is 0 Å². The van der Waals surface area contributed by atoms with E-state index >= 15 is 0 Å². The summed E-state index contributed by atoms with van der Waals surface area (Å²) < 4.78 is 0. The van der Waals surface area contributed by atoms with Gasteiger partial charge in [0.2, 0.25) is 0 Å². The maximum absolute atomic E-state index is 12.0. The molecule has 0 heterocycles. The lowest BCUT2D eigenvalue weighted by Gasteiger charge is -2.20. The highest BCUT2D eigenvalue weighted by Crippen LogP contribution is 2.41. The van der Waals surface area contributed by atoms with E-state index in [-0.39, 0.29) is 11.2 Å². The molecule has 1 aliphatic carbocycles. The van der Waals surface area contributed by atoms with Crippen molar-refractivity contribution in [2.45, 2.75) is 26.2 Å². The number of ketones is 1. The van der Waals surface area contributed by atoms with E-state index < -0.39 is 0 Å². The van der Waals surface area contributed by atoms with Crippen LogP contribution in [0.3, 0.4) is 0 Å². The Balaban J connectivity index is 2.74. The van der Waals surface area contributed by atoms with Gasteiger partial charge in [0.05, 0.1) is 0 Å². The van der Waals surface area contributed by atoms with Crippen LogP contribution >= 0.6 is 0 Å². The summed E-state index contributed by atoms with van der Waals surface area (Å²) in [5, 5.41) is 0. The Morgan fingerprint density at radius 1 is 1.21 bits per heavy atom. The van der Waals surface area contributed by atoms with Crippen molar-refractivity contribution in [3.05, 3.63) is 47.0 Å². The molecule has 1 aromatic carbocycles. The Bertz CT molecular complexity index is 425. The van der Waals surface area contributed by atoms with Crippen molar-refractivity contribution in [1.82, 2.24) is 0 Å². The molecular weight excluding hydrogens is 172 g/mol. The first-order valence-electron chi connectivity index (χ1n) is 4.90. The molecule has 1 nitrogen and oxygen atoms in total. The highest BCUT2D eigenvalue weighted by atomic mass is 16.1. The third-order valence-corrected chi connectivity index (χ3v) is 3.05. The third-order valence-electron chi connectivity index (χ3n) is 3.05. The summed E-state index contributed by atoms with van der Waals surface area (Å²) in [5.74, 6) is 0.188. The van der Waals surface area contributed by atoms with Gasteiger partial charge in [-0.3, -0.25) is 4.79 Å². The number of hydrogen-bond donors (Lipinski definition) is 0. The fourth-order valence-electron chi connectivity index (χ4n) is 2.29. The second-order valence-corrected chi connectivity index (χ2v) is 4.20. The second kappa shape index (κ2) is 2.81. The van der Waals surface area contributed by atoms with Gasteiger partial charge in [-0.15, -0.1) is 0 Å². The Morgan fingerprint density at radius 2 is 1.86 bits per heavy atom. The summed E-state index contributed by atoms with van der Waals surface area (Å²) in [4.78, 5) is 12.0. The predicted octanol–water partition coefficient (Wildman–Crippen LogP) is 3.11. The number of allylic oxidation sites excluding steroid dienone is 2. The Labute approximate surface area is 84.5 Å². The fourth-order valence-corrected chi connectivity index (χ4v) is 2.29. The minimum atomic E-state index is -0.123. The van der Waals surface area contributed by atoms with E-state index in [2.05, 4.69) is 13.8 Å². The molecule has 2 rings (SSSR count). The number of rotatable bonds is 0. The standard InChI is InChI=1S/C13H14O/c1-4-10-12(14)9-7-5-6-8-11(9)13(10,2)3/h4-8H,1-3H3. The lowest BCUT2D eigenvalue weighted by molar-refractivity contribution is 0.103. The van der Waals surface area contributed by atoms with Gasteiger partial charge in [0.15, 0.2) is 5.78 Å². The van der Waals surface area contributed by atoms with E-state index in [9.17, 15) is 4.79 Å². The van der Waals surface area contributed by atoms with Gasteiger partial charge in [0.25, 0.3) is 0 Å². The molecule has 1 aliphatic rings. The van der Waals surface area contributed by atoms with Gasteiger partial charge in [0.1, 0.15) is 0 Å². The van der Waals surface area contributed by atoms with Crippen LogP contribution in [0, 0.1) is 0 Å². The van der Waals surface area contributed by atoms with Crippen LogP contribution in [0.25, 0.3) is 0 Å². The highest BCUT2D eigenvalue weighted by Gasteiger charge is 2.39. The Morgan fingerprint density at radius 3 is 2.43 bits per heavy atom. The molecule has 0 N–H and O–H groups in total. The predicted molar refractivity (Wildman–Crippen MR) is 57.6 cm³/mol. The second-order valence-electron chi connectivity index (χ2n) is 4.20. The zero-order valence-corrected chi connectivity index (χ0v) is 8.79. The van der Waals surface area contributed by atoms with Gasteiger partial charge >= 0.3 is 0 Å². The average Bonchev–Trinajstić information content (AvgIpc) is 2.36. The molecule has 0 aliphatic heterocycles. The summed E-state index contributed by atoms with van der Waals surface area (Å²) in [5.41, 5.74) is 2.81. The zero-order chi connectivity index (χ0) is 10.3. The molecule has 0 fully saturated rings. The summed E-state index contributed by atoms with van der Waals surface area (Å²) in [6.45, 7) is 6.14. The number of Topliss-reactive ketones (excluding diaryl/α,β-unsaturated/α-hetero) is 1. The molecule has 0 saturated heterocycles. The molecule has 0 unspecified atom stereocenters. The first-order valence-corrected chi connectivity index (χ1v) is 4.90. The molecule has 14 heavy (non-hydrogen) atoms. The molecule has 0 bridgehead atoms. The third kappa shape index (κ3) is 0.985. The Hall–Kier alpha value is -1.37. The number of carbonyl (C=O) groups is 1. The largest absolute Gasteiger partial charge is 0.289 e. The van der Waals surface area contributed by atoms with E-state index in [1.807, 2.05) is 37.3 Å². The van der Waals surface area contributed by atoms with Crippen molar-refractivity contribution < 1.29 is 4.79 Å². The van der Waals surface area contributed by atoms with Gasteiger partial charge in [-0.1, -0.05) is 44.2 Å². The smallest absolute Gasteiger partial charge is 0.189 e. The molecular formula is C13H14O. The lowest BCUT2D eigenvalue weighted by atomic mass is 9.83. The van der Waals surface area contributed by atoms with Crippen LogP contribution < -0.4 is 0 Å². The van der Waals surface area contributed by atoms with Crippen LogP contribution in [-0.2, 0) is 5.41 Å². The quantitative estimate of drug-likeness (QED) is 0.569. The monoisotopic (exact) mass is 186 g/mol. The highest BCUT2D eigenvalue weighted by molar-refractivity contribution is 6.15. The lowest BCUT2D eigenvalue weighted by Crippen LogP contribution is -2.16. The van der Waals surface area contributed by atoms with Crippen molar-refractivity contribution in [3.8, 4) is 0 Å². The van der Waals surface area contributed by atoms with Gasteiger partial charge in [0, 0.05) is 16.6 Å². The van der Waals surface area contributed by atoms with E-state index in [0.717, 1.165) is 16.7 Å². The van der Waals surface area contributed by atoms with Crippen LogP contribution in [0.2, 0.25) is 0 Å². The van der Waals surface area contributed by atoms with Crippen LogP contribution in [0.5, 0.6) is 0 Å². The van der Waals surface area contributed by atoms with Crippen LogP contribution in [0.1, 0.15) is 36.7 Å². The molecule has 0 spiro atoms.